The van der Waals surface area contributed by atoms with E-state index in [1.165, 1.54) is 27.8 Å². The molecule has 1 aromatic heterocycles. The van der Waals surface area contributed by atoms with Gasteiger partial charge in [0, 0.05) is 11.4 Å². The molecule has 174 valence electrons. The Labute approximate surface area is 201 Å². The normalized spacial score (nSPS) is 17.9. The van der Waals surface area contributed by atoms with Crippen LogP contribution >= 0.6 is 11.3 Å². The molecule has 5 rings (SSSR count). The molecule has 34 heavy (non-hydrogen) atoms. The lowest BCUT2D eigenvalue weighted by Crippen LogP contribution is -2.50. The summed E-state index contributed by atoms with van der Waals surface area (Å²) < 4.78 is 41.7. The van der Waals surface area contributed by atoms with Crippen LogP contribution in [0.15, 0.2) is 53.4 Å². The molecule has 0 bridgehead atoms. The standard InChI is InChI=1S/C25H22FN3O3S2/c26-18-9-11-19(12-10-18)34(31,32)29-15-17-6-2-1-5-16(17)13-22(29)24(30)28-25-21(14-27)20-7-3-4-8-23(20)33-25/h1-2,5-6,9-12,22H,3-4,7-8,13,15H2,(H,28,30)/t22-/m1/s1. The van der Waals surface area contributed by atoms with Crippen molar-refractivity contribution < 1.29 is 17.6 Å². The van der Waals surface area contributed by atoms with E-state index >= 15 is 0 Å². The van der Waals surface area contributed by atoms with Gasteiger partial charge in [-0.15, -0.1) is 11.3 Å². The molecule has 1 aliphatic carbocycles. The van der Waals surface area contributed by atoms with E-state index in [0.717, 1.165) is 59.4 Å². The van der Waals surface area contributed by atoms with Crippen molar-refractivity contribution in [2.24, 2.45) is 0 Å². The lowest BCUT2D eigenvalue weighted by Gasteiger charge is -2.35. The van der Waals surface area contributed by atoms with Crippen LogP contribution in [0.5, 0.6) is 0 Å². The van der Waals surface area contributed by atoms with Gasteiger partial charge in [-0.2, -0.15) is 9.57 Å². The van der Waals surface area contributed by atoms with E-state index in [9.17, 15) is 22.9 Å². The minimum Gasteiger partial charge on any atom is -0.315 e. The summed E-state index contributed by atoms with van der Waals surface area (Å²) in [6, 6.07) is 13.3. The maximum atomic E-state index is 13.5. The Balaban J connectivity index is 1.51. The molecule has 0 radical (unpaired) electrons. The smallest absolute Gasteiger partial charge is 0.244 e. The largest absolute Gasteiger partial charge is 0.315 e. The fraction of sp³-hybridized carbons (Fsp3) is 0.280. The first kappa shape index (κ1) is 22.7. The number of hydrogen-bond acceptors (Lipinski definition) is 5. The predicted molar refractivity (Wildman–Crippen MR) is 127 cm³/mol. The minimum atomic E-state index is -4.08. The number of thiophene rings is 1. The van der Waals surface area contributed by atoms with Gasteiger partial charge in [-0.3, -0.25) is 4.79 Å². The second-order valence-corrected chi connectivity index (χ2v) is 11.5. The van der Waals surface area contributed by atoms with E-state index in [4.69, 9.17) is 0 Å². The monoisotopic (exact) mass is 495 g/mol. The molecule has 0 fully saturated rings. The molecular formula is C25H22FN3O3S2. The number of hydrogen-bond donors (Lipinski definition) is 1. The Morgan fingerprint density at radius 1 is 1.09 bits per heavy atom. The van der Waals surface area contributed by atoms with Crippen molar-refractivity contribution in [3.63, 3.8) is 0 Å². The summed E-state index contributed by atoms with van der Waals surface area (Å²) in [6.07, 6.45) is 3.96. The number of rotatable bonds is 4. The zero-order valence-electron chi connectivity index (χ0n) is 18.3. The van der Waals surface area contributed by atoms with Gasteiger partial charge in [0.25, 0.3) is 0 Å². The molecule has 0 saturated carbocycles. The summed E-state index contributed by atoms with van der Waals surface area (Å²) in [4.78, 5) is 14.6. The van der Waals surface area contributed by atoms with Gasteiger partial charge in [-0.1, -0.05) is 24.3 Å². The highest BCUT2D eigenvalue weighted by atomic mass is 32.2. The number of nitrogens with zero attached hydrogens (tertiary/aromatic N) is 2. The summed E-state index contributed by atoms with van der Waals surface area (Å²) in [7, 11) is -4.08. The van der Waals surface area contributed by atoms with Gasteiger partial charge in [-0.25, -0.2) is 12.8 Å². The summed E-state index contributed by atoms with van der Waals surface area (Å²) >= 11 is 1.41. The van der Waals surface area contributed by atoms with Crippen molar-refractivity contribution in [3.8, 4) is 6.07 Å². The third kappa shape index (κ3) is 4.02. The van der Waals surface area contributed by atoms with Gasteiger partial charge in [0.05, 0.1) is 10.5 Å². The number of carbonyl (C=O) groups is 1. The van der Waals surface area contributed by atoms with Crippen molar-refractivity contribution in [2.45, 2.75) is 49.6 Å². The molecule has 0 spiro atoms. The number of benzene rings is 2. The van der Waals surface area contributed by atoms with Crippen molar-refractivity contribution in [1.82, 2.24) is 4.31 Å². The highest BCUT2D eigenvalue weighted by Crippen LogP contribution is 2.38. The molecule has 2 heterocycles. The number of nitriles is 1. The fourth-order valence-electron chi connectivity index (χ4n) is 4.68. The van der Waals surface area contributed by atoms with Gasteiger partial charge in [0.1, 0.15) is 22.9 Å². The number of carbonyl (C=O) groups excluding carboxylic acids is 1. The van der Waals surface area contributed by atoms with E-state index in [1.54, 1.807) is 0 Å². The van der Waals surface area contributed by atoms with Crippen LogP contribution in [0.3, 0.4) is 0 Å². The third-order valence-electron chi connectivity index (χ3n) is 6.45. The number of nitrogens with one attached hydrogen (secondary N) is 1. The van der Waals surface area contributed by atoms with Gasteiger partial charge in [0.2, 0.25) is 15.9 Å². The number of amides is 1. The van der Waals surface area contributed by atoms with Crippen LogP contribution in [-0.4, -0.2) is 24.7 Å². The summed E-state index contributed by atoms with van der Waals surface area (Å²) in [6.45, 7) is 0.0278. The minimum absolute atomic E-state index is 0.0278. The first-order valence-corrected chi connectivity index (χ1v) is 13.3. The molecule has 6 nitrogen and oxygen atoms in total. The molecule has 0 saturated heterocycles. The average molecular weight is 496 g/mol. The SMILES string of the molecule is N#Cc1c(NC(=O)[C@H]2Cc3ccccc3CN2S(=O)(=O)c2ccc(F)cc2)sc2c1CCCC2. The number of sulfonamides is 1. The second-order valence-electron chi connectivity index (χ2n) is 8.51. The predicted octanol–water partition coefficient (Wildman–Crippen LogP) is 4.39. The molecule has 9 heteroatoms. The number of fused-ring (bicyclic) bond motifs is 2. The molecule has 1 aliphatic heterocycles. The molecular weight excluding hydrogens is 473 g/mol. The summed E-state index contributed by atoms with van der Waals surface area (Å²) in [5.74, 6) is -1.02. The number of halogens is 1. The zero-order chi connectivity index (χ0) is 23.9. The van der Waals surface area contributed by atoms with Crippen molar-refractivity contribution in [1.29, 1.82) is 5.26 Å². The lowest BCUT2D eigenvalue weighted by atomic mass is 9.95. The van der Waals surface area contributed by atoms with Gasteiger partial charge in [-0.05, 0) is 73.1 Å². The molecule has 2 aromatic carbocycles. The van der Waals surface area contributed by atoms with E-state index in [2.05, 4.69) is 11.4 Å². The summed E-state index contributed by atoms with van der Waals surface area (Å²) in [5.41, 5.74) is 3.21. The Morgan fingerprint density at radius 2 is 1.79 bits per heavy atom. The Morgan fingerprint density at radius 3 is 2.53 bits per heavy atom. The van der Waals surface area contributed by atoms with Gasteiger partial charge < -0.3 is 5.32 Å². The van der Waals surface area contributed by atoms with E-state index in [-0.39, 0.29) is 17.9 Å². The Bertz CT molecular complexity index is 1410. The quantitative estimate of drug-likeness (QED) is 0.581. The fourth-order valence-corrected chi connectivity index (χ4v) is 7.49. The lowest BCUT2D eigenvalue weighted by molar-refractivity contribution is -0.120. The zero-order valence-corrected chi connectivity index (χ0v) is 19.9. The molecule has 1 N–H and O–H groups in total. The topological polar surface area (TPSA) is 90.3 Å². The number of anilines is 1. The average Bonchev–Trinajstić information content (AvgIpc) is 3.20. The third-order valence-corrected chi connectivity index (χ3v) is 9.52. The highest BCUT2D eigenvalue weighted by molar-refractivity contribution is 7.89. The van der Waals surface area contributed by atoms with E-state index in [0.29, 0.717) is 10.6 Å². The van der Waals surface area contributed by atoms with Crippen LogP contribution in [-0.2, 0) is 40.6 Å². The van der Waals surface area contributed by atoms with Crippen LogP contribution in [0.1, 0.15) is 40.0 Å². The van der Waals surface area contributed by atoms with Crippen LogP contribution in [0.25, 0.3) is 0 Å². The molecule has 1 atom stereocenters. The highest BCUT2D eigenvalue weighted by Gasteiger charge is 2.40. The van der Waals surface area contributed by atoms with Crippen LogP contribution in [0.4, 0.5) is 9.39 Å². The second kappa shape index (κ2) is 8.95. The Kier molecular flexibility index (Phi) is 5.98. The van der Waals surface area contributed by atoms with Crippen LogP contribution < -0.4 is 5.32 Å². The van der Waals surface area contributed by atoms with Crippen molar-refractivity contribution in [2.75, 3.05) is 5.32 Å². The van der Waals surface area contributed by atoms with Crippen LogP contribution in [0, 0.1) is 17.1 Å². The van der Waals surface area contributed by atoms with Crippen molar-refractivity contribution >= 4 is 32.3 Å². The molecule has 0 unspecified atom stereocenters. The molecule has 1 amide bonds. The molecule has 2 aliphatic rings. The van der Waals surface area contributed by atoms with Gasteiger partial charge in [0.15, 0.2) is 0 Å². The van der Waals surface area contributed by atoms with Gasteiger partial charge >= 0.3 is 0 Å². The van der Waals surface area contributed by atoms with Crippen LogP contribution in [0.2, 0.25) is 0 Å². The Hall–Kier alpha value is -3.06. The van der Waals surface area contributed by atoms with E-state index < -0.39 is 27.8 Å². The first-order valence-electron chi connectivity index (χ1n) is 11.1. The summed E-state index contributed by atoms with van der Waals surface area (Å²) in [5, 5.41) is 13.1. The first-order chi connectivity index (χ1) is 16.4. The number of aryl methyl sites for hydroxylation is 1. The molecule has 3 aromatic rings. The van der Waals surface area contributed by atoms with Crippen molar-refractivity contribution in [3.05, 3.63) is 81.5 Å². The maximum absolute atomic E-state index is 13.5. The maximum Gasteiger partial charge on any atom is 0.244 e. The van der Waals surface area contributed by atoms with E-state index in [1.807, 2.05) is 24.3 Å².